The van der Waals surface area contributed by atoms with Crippen LogP contribution in [0.25, 0.3) is 0 Å². The SMILES string of the molecule is CCC(C(=O)O)N(C)C(=O)NCCCn1nc(C)cc1C. The van der Waals surface area contributed by atoms with Crippen LogP contribution in [0.1, 0.15) is 31.2 Å². The molecule has 7 nitrogen and oxygen atoms in total. The summed E-state index contributed by atoms with van der Waals surface area (Å²) < 4.78 is 1.90. The molecule has 0 saturated carbocycles. The number of carbonyl (C=O) groups excluding carboxylic acids is 1. The van der Waals surface area contributed by atoms with E-state index in [-0.39, 0.29) is 6.03 Å². The lowest BCUT2D eigenvalue weighted by atomic mass is 10.2. The highest BCUT2D eigenvalue weighted by Gasteiger charge is 2.24. The zero-order valence-corrected chi connectivity index (χ0v) is 13.1. The summed E-state index contributed by atoms with van der Waals surface area (Å²) in [5.41, 5.74) is 2.07. The molecule has 1 unspecified atom stereocenters. The van der Waals surface area contributed by atoms with Crippen LogP contribution in [0, 0.1) is 13.8 Å². The van der Waals surface area contributed by atoms with Gasteiger partial charge in [0.05, 0.1) is 5.69 Å². The number of carboxylic acid groups (broad SMARTS) is 1. The molecule has 1 atom stereocenters. The van der Waals surface area contributed by atoms with Gasteiger partial charge in [-0.2, -0.15) is 5.10 Å². The molecule has 1 aromatic heterocycles. The third-order valence-corrected chi connectivity index (χ3v) is 3.39. The number of urea groups is 1. The highest BCUT2D eigenvalue weighted by molar-refractivity contribution is 5.82. The number of amides is 2. The first-order valence-corrected chi connectivity index (χ1v) is 7.11. The van der Waals surface area contributed by atoms with Gasteiger partial charge >= 0.3 is 12.0 Å². The molecule has 0 aliphatic heterocycles. The number of nitrogens with one attached hydrogen (secondary N) is 1. The average Bonchev–Trinajstić information content (AvgIpc) is 2.73. The Labute approximate surface area is 124 Å². The van der Waals surface area contributed by atoms with Gasteiger partial charge in [0, 0.05) is 25.8 Å². The van der Waals surface area contributed by atoms with Crippen LogP contribution >= 0.6 is 0 Å². The van der Waals surface area contributed by atoms with Crippen LogP contribution in [-0.2, 0) is 11.3 Å². The van der Waals surface area contributed by atoms with Crippen molar-refractivity contribution < 1.29 is 14.7 Å². The molecule has 1 aromatic rings. The van der Waals surface area contributed by atoms with Crippen LogP contribution in [-0.4, -0.2) is 51.4 Å². The average molecular weight is 296 g/mol. The van der Waals surface area contributed by atoms with Gasteiger partial charge in [-0.25, -0.2) is 9.59 Å². The summed E-state index contributed by atoms with van der Waals surface area (Å²) in [7, 11) is 1.50. The number of aryl methyl sites for hydroxylation is 3. The predicted molar refractivity (Wildman–Crippen MR) is 79.2 cm³/mol. The topological polar surface area (TPSA) is 87.5 Å². The second-order valence-electron chi connectivity index (χ2n) is 5.11. The van der Waals surface area contributed by atoms with Crippen molar-refractivity contribution >= 4 is 12.0 Å². The molecular weight excluding hydrogens is 272 g/mol. The number of aromatic nitrogens is 2. The fraction of sp³-hybridized carbons (Fsp3) is 0.643. The molecular formula is C14H24N4O3. The fourth-order valence-corrected chi connectivity index (χ4v) is 2.21. The number of carbonyl (C=O) groups is 2. The monoisotopic (exact) mass is 296 g/mol. The van der Waals surface area contributed by atoms with E-state index in [0.29, 0.717) is 13.0 Å². The van der Waals surface area contributed by atoms with Crippen LogP contribution < -0.4 is 5.32 Å². The molecule has 0 aromatic carbocycles. The first-order valence-electron chi connectivity index (χ1n) is 7.11. The molecule has 1 heterocycles. The number of aliphatic carboxylic acids is 1. The number of hydrogen-bond acceptors (Lipinski definition) is 3. The molecule has 0 fully saturated rings. The molecule has 0 aliphatic carbocycles. The maximum atomic E-state index is 11.9. The summed E-state index contributed by atoms with van der Waals surface area (Å²) in [5, 5.41) is 16.1. The number of nitrogens with zero attached hydrogens (tertiary/aromatic N) is 3. The van der Waals surface area contributed by atoms with Crippen molar-refractivity contribution in [2.45, 2.75) is 46.2 Å². The van der Waals surface area contributed by atoms with Gasteiger partial charge in [0.25, 0.3) is 0 Å². The molecule has 0 saturated heterocycles. The first-order chi connectivity index (χ1) is 9.86. The molecule has 0 aliphatic rings. The van der Waals surface area contributed by atoms with Crippen molar-refractivity contribution in [3.63, 3.8) is 0 Å². The fourth-order valence-electron chi connectivity index (χ4n) is 2.21. The number of hydrogen-bond donors (Lipinski definition) is 2. The minimum atomic E-state index is -0.988. The first kappa shape index (κ1) is 17.0. The van der Waals surface area contributed by atoms with E-state index in [4.69, 9.17) is 5.11 Å². The van der Waals surface area contributed by atoms with Crippen molar-refractivity contribution in [2.75, 3.05) is 13.6 Å². The van der Waals surface area contributed by atoms with Crippen molar-refractivity contribution in [3.05, 3.63) is 17.5 Å². The van der Waals surface area contributed by atoms with Crippen molar-refractivity contribution in [2.24, 2.45) is 0 Å². The molecule has 1 rings (SSSR count). The Morgan fingerprint density at radius 1 is 1.48 bits per heavy atom. The largest absolute Gasteiger partial charge is 0.480 e. The Kier molecular flexibility index (Phi) is 6.20. The molecule has 2 amide bonds. The third-order valence-electron chi connectivity index (χ3n) is 3.39. The van der Waals surface area contributed by atoms with E-state index in [1.165, 1.54) is 11.9 Å². The lowest BCUT2D eigenvalue weighted by molar-refractivity contribution is -0.141. The summed E-state index contributed by atoms with van der Waals surface area (Å²) >= 11 is 0. The quantitative estimate of drug-likeness (QED) is 0.744. The van der Waals surface area contributed by atoms with Gasteiger partial charge in [-0.1, -0.05) is 6.92 Å². The molecule has 2 N–H and O–H groups in total. The maximum absolute atomic E-state index is 11.9. The van der Waals surface area contributed by atoms with E-state index >= 15 is 0 Å². The molecule has 118 valence electrons. The number of rotatable bonds is 7. The molecule has 0 radical (unpaired) electrons. The van der Waals surface area contributed by atoms with Crippen LogP contribution in [0.2, 0.25) is 0 Å². The van der Waals surface area contributed by atoms with Gasteiger partial charge in [-0.15, -0.1) is 0 Å². The van der Waals surface area contributed by atoms with Gasteiger partial charge in [-0.05, 0) is 32.8 Å². The summed E-state index contributed by atoms with van der Waals surface area (Å²) in [6, 6.07) is 0.851. The van der Waals surface area contributed by atoms with Crippen LogP contribution in [0.5, 0.6) is 0 Å². The van der Waals surface area contributed by atoms with Gasteiger partial charge in [0.2, 0.25) is 0 Å². The molecule has 21 heavy (non-hydrogen) atoms. The second-order valence-corrected chi connectivity index (χ2v) is 5.11. The standard InChI is InChI=1S/C14H24N4O3/c1-5-12(13(19)20)17(4)14(21)15-7-6-8-18-11(3)9-10(2)16-18/h9,12H,5-8H2,1-4H3,(H,15,21)(H,19,20). The second kappa shape index (κ2) is 7.66. The van der Waals surface area contributed by atoms with Gasteiger partial charge in [-0.3, -0.25) is 4.68 Å². The van der Waals surface area contributed by atoms with Crippen LogP contribution in [0.15, 0.2) is 6.07 Å². The number of likely N-dealkylation sites (N-methyl/N-ethyl adjacent to an activating group) is 1. The van der Waals surface area contributed by atoms with Crippen molar-refractivity contribution in [1.82, 2.24) is 20.0 Å². The van der Waals surface area contributed by atoms with Crippen LogP contribution in [0.3, 0.4) is 0 Å². The van der Waals surface area contributed by atoms with Gasteiger partial charge in [0.15, 0.2) is 0 Å². The van der Waals surface area contributed by atoms with E-state index in [1.54, 1.807) is 6.92 Å². The van der Waals surface area contributed by atoms with Gasteiger partial charge < -0.3 is 15.3 Å². The molecule has 0 spiro atoms. The molecule has 0 bridgehead atoms. The Balaban J connectivity index is 2.36. The Bertz CT molecular complexity index is 498. The molecule has 7 heteroatoms. The van der Waals surface area contributed by atoms with E-state index < -0.39 is 12.0 Å². The summed E-state index contributed by atoms with van der Waals surface area (Å²) in [5.74, 6) is -0.988. The lowest BCUT2D eigenvalue weighted by Gasteiger charge is -2.24. The van der Waals surface area contributed by atoms with Gasteiger partial charge in [0.1, 0.15) is 6.04 Å². The zero-order chi connectivity index (χ0) is 16.0. The minimum Gasteiger partial charge on any atom is -0.480 e. The highest BCUT2D eigenvalue weighted by atomic mass is 16.4. The Morgan fingerprint density at radius 2 is 2.14 bits per heavy atom. The maximum Gasteiger partial charge on any atom is 0.326 e. The van der Waals surface area contributed by atoms with Crippen molar-refractivity contribution in [1.29, 1.82) is 0 Å². The predicted octanol–water partition coefficient (Wildman–Crippen LogP) is 1.39. The Hall–Kier alpha value is -2.05. The smallest absolute Gasteiger partial charge is 0.326 e. The highest BCUT2D eigenvalue weighted by Crippen LogP contribution is 2.04. The van der Waals surface area contributed by atoms with Crippen LogP contribution in [0.4, 0.5) is 4.79 Å². The lowest BCUT2D eigenvalue weighted by Crippen LogP contribution is -2.47. The summed E-state index contributed by atoms with van der Waals surface area (Å²) in [6.07, 6.45) is 1.12. The minimum absolute atomic E-state index is 0.363. The zero-order valence-electron chi connectivity index (χ0n) is 13.1. The van der Waals surface area contributed by atoms with E-state index in [2.05, 4.69) is 10.4 Å². The normalized spacial score (nSPS) is 12.0. The summed E-state index contributed by atoms with van der Waals surface area (Å²) in [6.45, 7) is 6.88. The number of carboxylic acids is 1. The van der Waals surface area contributed by atoms with E-state index in [0.717, 1.165) is 24.4 Å². The van der Waals surface area contributed by atoms with E-state index in [9.17, 15) is 9.59 Å². The Morgan fingerprint density at radius 3 is 2.62 bits per heavy atom. The van der Waals surface area contributed by atoms with E-state index in [1.807, 2.05) is 24.6 Å². The summed E-state index contributed by atoms with van der Waals surface area (Å²) in [4.78, 5) is 24.1. The third kappa shape index (κ3) is 4.77. The van der Waals surface area contributed by atoms with Crippen molar-refractivity contribution in [3.8, 4) is 0 Å².